The molecular weight excluding hydrogens is 228 g/mol. The molecule has 0 aromatic heterocycles. The number of carboxylic acids is 1. The van der Waals surface area contributed by atoms with Gasteiger partial charge in [-0.05, 0) is 24.0 Å². The highest BCUT2D eigenvalue weighted by molar-refractivity contribution is 5.68. The number of hydrogen-bond donors (Lipinski definition) is 1. The summed E-state index contributed by atoms with van der Waals surface area (Å²) in [5.74, 6) is -0.0786. The van der Waals surface area contributed by atoms with Crippen LogP contribution >= 0.6 is 0 Å². The van der Waals surface area contributed by atoms with Crippen LogP contribution < -0.4 is 4.74 Å². The fourth-order valence-corrected chi connectivity index (χ4v) is 2.18. The molecule has 0 heterocycles. The SMILES string of the molecule is COc1ccc(C)cc1C(CC(=O)O)C(C)(C)C. The summed E-state index contributed by atoms with van der Waals surface area (Å²) >= 11 is 0. The highest BCUT2D eigenvalue weighted by Crippen LogP contribution is 2.41. The van der Waals surface area contributed by atoms with Crippen molar-refractivity contribution in [2.45, 2.75) is 40.0 Å². The molecular formula is C15H22O3. The lowest BCUT2D eigenvalue weighted by molar-refractivity contribution is -0.138. The summed E-state index contributed by atoms with van der Waals surface area (Å²) in [5.41, 5.74) is 1.97. The third-order valence-electron chi connectivity index (χ3n) is 3.18. The standard InChI is InChI=1S/C15H22O3/c1-10-6-7-13(18-5)11(8-10)12(9-14(16)17)15(2,3)4/h6-8,12H,9H2,1-5H3,(H,16,17). The van der Waals surface area contributed by atoms with Crippen LogP contribution in [0, 0.1) is 12.3 Å². The largest absolute Gasteiger partial charge is 0.496 e. The molecule has 1 rings (SSSR count). The molecule has 3 nitrogen and oxygen atoms in total. The van der Waals surface area contributed by atoms with E-state index < -0.39 is 5.97 Å². The van der Waals surface area contributed by atoms with E-state index in [1.54, 1.807) is 7.11 Å². The Balaban J connectivity index is 3.27. The first-order valence-electron chi connectivity index (χ1n) is 6.12. The Morgan fingerprint density at radius 1 is 1.39 bits per heavy atom. The Morgan fingerprint density at radius 3 is 2.44 bits per heavy atom. The third-order valence-corrected chi connectivity index (χ3v) is 3.18. The van der Waals surface area contributed by atoms with E-state index in [0.717, 1.165) is 16.9 Å². The van der Waals surface area contributed by atoms with Crippen LogP contribution in [0.15, 0.2) is 18.2 Å². The summed E-state index contributed by atoms with van der Waals surface area (Å²) in [4.78, 5) is 11.1. The first kappa shape index (κ1) is 14.6. The van der Waals surface area contributed by atoms with E-state index in [0.29, 0.717) is 0 Å². The molecule has 1 unspecified atom stereocenters. The molecule has 100 valence electrons. The van der Waals surface area contributed by atoms with Gasteiger partial charge in [-0.2, -0.15) is 0 Å². The number of aryl methyl sites for hydroxylation is 1. The Morgan fingerprint density at radius 2 is 2.00 bits per heavy atom. The molecule has 0 aliphatic heterocycles. The maximum atomic E-state index is 11.1. The average molecular weight is 250 g/mol. The predicted molar refractivity (Wildman–Crippen MR) is 72.2 cm³/mol. The number of rotatable bonds is 4. The van der Waals surface area contributed by atoms with Crippen molar-refractivity contribution >= 4 is 5.97 Å². The van der Waals surface area contributed by atoms with Gasteiger partial charge in [0.25, 0.3) is 0 Å². The zero-order valence-electron chi connectivity index (χ0n) is 11.8. The number of hydrogen-bond acceptors (Lipinski definition) is 2. The highest BCUT2D eigenvalue weighted by atomic mass is 16.5. The van der Waals surface area contributed by atoms with Crippen LogP contribution in [0.4, 0.5) is 0 Å². The molecule has 0 saturated carbocycles. The summed E-state index contributed by atoms with van der Waals surface area (Å²) in [7, 11) is 1.62. The number of methoxy groups -OCH3 is 1. The normalized spacial score (nSPS) is 13.2. The summed E-state index contributed by atoms with van der Waals surface area (Å²) < 4.78 is 5.37. The van der Waals surface area contributed by atoms with Crippen molar-refractivity contribution in [2.24, 2.45) is 5.41 Å². The number of aliphatic carboxylic acids is 1. The van der Waals surface area contributed by atoms with Crippen LogP contribution in [0.25, 0.3) is 0 Å². The van der Waals surface area contributed by atoms with Gasteiger partial charge in [0.1, 0.15) is 5.75 Å². The lowest BCUT2D eigenvalue weighted by Crippen LogP contribution is -2.22. The van der Waals surface area contributed by atoms with Crippen LogP contribution in [0.5, 0.6) is 5.75 Å². The van der Waals surface area contributed by atoms with Gasteiger partial charge in [0.2, 0.25) is 0 Å². The number of carbonyl (C=O) groups is 1. The van der Waals surface area contributed by atoms with Gasteiger partial charge in [0.05, 0.1) is 13.5 Å². The predicted octanol–water partition coefficient (Wildman–Crippen LogP) is 3.61. The van der Waals surface area contributed by atoms with Gasteiger partial charge in [-0.25, -0.2) is 0 Å². The average Bonchev–Trinajstić information content (AvgIpc) is 2.24. The summed E-state index contributed by atoms with van der Waals surface area (Å²) in [6.07, 6.45) is 0.114. The Hall–Kier alpha value is -1.51. The molecule has 0 bridgehead atoms. The van der Waals surface area contributed by atoms with E-state index in [2.05, 4.69) is 20.8 Å². The lowest BCUT2D eigenvalue weighted by Gasteiger charge is -2.31. The molecule has 3 heteroatoms. The zero-order chi connectivity index (χ0) is 13.9. The first-order chi connectivity index (χ1) is 8.25. The Labute approximate surface area is 109 Å². The van der Waals surface area contributed by atoms with Crippen molar-refractivity contribution in [1.82, 2.24) is 0 Å². The van der Waals surface area contributed by atoms with E-state index in [-0.39, 0.29) is 17.8 Å². The molecule has 0 spiro atoms. The van der Waals surface area contributed by atoms with Gasteiger partial charge < -0.3 is 9.84 Å². The molecule has 1 atom stereocenters. The van der Waals surface area contributed by atoms with Crippen molar-refractivity contribution in [3.8, 4) is 5.75 Å². The second kappa shape index (κ2) is 5.42. The molecule has 0 aliphatic rings. The highest BCUT2D eigenvalue weighted by Gasteiger charge is 2.30. The molecule has 0 amide bonds. The van der Waals surface area contributed by atoms with E-state index in [9.17, 15) is 4.79 Å². The summed E-state index contributed by atoms with van der Waals surface area (Å²) in [5, 5.41) is 9.10. The van der Waals surface area contributed by atoms with Crippen LogP contribution in [0.3, 0.4) is 0 Å². The van der Waals surface area contributed by atoms with Crippen LogP contribution in [-0.2, 0) is 4.79 Å². The van der Waals surface area contributed by atoms with Crippen LogP contribution in [-0.4, -0.2) is 18.2 Å². The quantitative estimate of drug-likeness (QED) is 0.888. The molecule has 0 radical (unpaired) electrons. The summed E-state index contributed by atoms with van der Waals surface area (Å²) in [6, 6.07) is 5.91. The maximum absolute atomic E-state index is 11.1. The van der Waals surface area contributed by atoms with Crippen LogP contribution in [0.2, 0.25) is 0 Å². The second-order valence-corrected chi connectivity index (χ2v) is 5.76. The molecule has 1 aromatic carbocycles. The second-order valence-electron chi connectivity index (χ2n) is 5.76. The van der Waals surface area contributed by atoms with E-state index in [1.165, 1.54) is 0 Å². The minimum absolute atomic E-state index is 0.0650. The number of carboxylic acid groups (broad SMARTS) is 1. The molecule has 1 aromatic rings. The number of benzene rings is 1. The van der Waals surface area contributed by atoms with Crippen molar-refractivity contribution in [3.63, 3.8) is 0 Å². The van der Waals surface area contributed by atoms with Crippen molar-refractivity contribution < 1.29 is 14.6 Å². The van der Waals surface area contributed by atoms with Gasteiger partial charge in [0, 0.05) is 5.92 Å². The van der Waals surface area contributed by atoms with E-state index in [1.807, 2.05) is 25.1 Å². The number of ether oxygens (including phenoxy) is 1. The Bertz CT molecular complexity index is 430. The molecule has 0 saturated heterocycles. The molecule has 1 N–H and O–H groups in total. The minimum Gasteiger partial charge on any atom is -0.496 e. The van der Waals surface area contributed by atoms with E-state index >= 15 is 0 Å². The maximum Gasteiger partial charge on any atom is 0.303 e. The van der Waals surface area contributed by atoms with E-state index in [4.69, 9.17) is 9.84 Å². The molecule has 18 heavy (non-hydrogen) atoms. The van der Waals surface area contributed by atoms with Gasteiger partial charge in [-0.15, -0.1) is 0 Å². The smallest absolute Gasteiger partial charge is 0.303 e. The molecule has 0 fully saturated rings. The van der Waals surface area contributed by atoms with Crippen molar-refractivity contribution in [1.29, 1.82) is 0 Å². The minimum atomic E-state index is -0.779. The first-order valence-corrected chi connectivity index (χ1v) is 6.12. The van der Waals surface area contributed by atoms with Gasteiger partial charge in [-0.3, -0.25) is 4.79 Å². The topological polar surface area (TPSA) is 46.5 Å². The van der Waals surface area contributed by atoms with Crippen LogP contribution in [0.1, 0.15) is 44.2 Å². The van der Waals surface area contributed by atoms with Gasteiger partial charge in [0.15, 0.2) is 0 Å². The van der Waals surface area contributed by atoms with Gasteiger partial charge >= 0.3 is 5.97 Å². The fourth-order valence-electron chi connectivity index (χ4n) is 2.18. The van der Waals surface area contributed by atoms with Gasteiger partial charge in [-0.1, -0.05) is 38.5 Å². The summed E-state index contributed by atoms with van der Waals surface area (Å²) in [6.45, 7) is 8.18. The Kier molecular flexibility index (Phi) is 4.38. The zero-order valence-corrected chi connectivity index (χ0v) is 11.8. The van der Waals surface area contributed by atoms with Crippen molar-refractivity contribution in [2.75, 3.05) is 7.11 Å². The van der Waals surface area contributed by atoms with Crippen molar-refractivity contribution in [3.05, 3.63) is 29.3 Å². The fraction of sp³-hybridized carbons (Fsp3) is 0.533. The third kappa shape index (κ3) is 3.49. The lowest BCUT2D eigenvalue weighted by atomic mass is 9.74. The monoisotopic (exact) mass is 250 g/mol. The molecule has 0 aliphatic carbocycles.